The minimum atomic E-state index is -1.69. The number of fused-ring (bicyclic) bond motifs is 1. The summed E-state index contributed by atoms with van der Waals surface area (Å²) in [7, 11) is 0. The lowest BCUT2D eigenvalue weighted by molar-refractivity contribution is -0.253. The van der Waals surface area contributed by atoms with E-state index in [0.717, 1.165) is 12.1 Å². The Morgan fingerprint density at radius 2 is 1.30 bits per heavy atom. The molecule has 2 aliphatic rings. The molecular formula is C29H34O15. The van der Waals surface area contributed by atoms with Crippen LogP contribution in [-0.2, 0) is 9.47 Å². The third kappa shape index (κ3) is 5.93. The van der Waals surface area contributed by atoms with E-state index in [9.17, 15) is 55.9 Å². The first-order valence-electron chi connectivity index (χ1n) is 13.8. The first-order valence-corrected chi connectivity index (χ1v) is 13.8. The van der Waals surface area contributed by atoms with Crippen LogP contribution in [0.3, 0.4) is 0 Å². The minimum absolute atomic E-state index is 0.0797. The average molecular weight is 623 g/mol. The molecule has 0 amide bonds. The molecule has 2 saturated heterocycles. The van der Waals surface area contributed by atoms with Crippen LogP contribution in [0.15, 0.2) is 45.6 Å². The van der Waals surface area contributed by atoms with Gasteiger partial charge in [-0.05, 0) is 30.7 Å². The maximum absolute atomic E-state index is 13.6. The third-order valence-electron chi connectivity index (χ3n) is 8.11. The molecule has 0 saturated carbocycles. The molecule has 3 aromatic rings. The molecule has 3 heterocycles. The predicted molar refractivity (Wildman–Crippen MR) is 148 cm³/mol. The summed E-state index contributed by atoms with van der Waals surface area (Å²) in [5.41, 5.74) is -0.741. The van der Waals surface area contributed by atoms with Crippen LogP contribution in [0, 0.1) is 5.92 Å². The molecule has 0 radical (unpaired) electrons. The zero-order valence-corrected chi connectivity index (χ0v) is 23.1. The van der Waals surface area contributed by atoms with Crippen molar-refractivity contribution in [3.63, 3.8) is 0 Å². The first-order chi connectivity index (χ1) is 20.9. The highest BCUT2D eigenvalue weighted by atomic mass is 16.6. The van der Waals surface area contributed by atoms with Gasteiger partial charge in [-0.1, -0.05) is 0 Å². The second-order valence-electron chi connectivity index (χ2n) is 10.9. The maximum Gasteiger partial charge on any atom is 0.239 e. The second-order valence-corrected chi connectivity index (χ2v) is 10.9. The van der Waals surface area contributed by atoms with Crippen LogP contribution in [0.2, 0.25) is 0 Å². The highest BCUT2D eigenvalue weighted by molar-refractivity contribution is 5.88. The highest BCUT2D eigenvalue weighted by Crippen LogP contribution is 2.38. The van der Waals surface area contributed by atoms with Crippen molar-refractivity contribution in [2.45, 2.75) is 61.4 Å². The Bertz CT molecular complexity index is 1510. The molecule has 10 N–H and O–H groups in total. The Hall–Kier alpha value is -3.51. The molecule has 1 aromatic heterocycles. The maximum atomic E-state index is 13.6. The number of aliphatic hydroxyl groups is 7. The Kier molecular flexibility index (Phi) is 9.31. The van der Waals surface area contributed by atoms with Gasteiger partial charge in [0.2, 0.25) is 11.2 Å². The van der Waals surface area contributed by atoms with Crippen molar-refractivity contribution < 1.29 is 69.7 Å². The van der Waals surface area contributed by atoms with E-state index in [1.165, 1.54) is 24.3 Å². The Labute approximate surface area is 249 Å². The van der Waals surface area contributed by atoms with Gasteiger partial charge in [-0.25, -0.2) is 0 Å². The van der Waals surface area contributed by atoms with Gasteiger partial charge in [-0.15, -0.1) is 0 Å². The Morgan fingerprint density at radius 3 is 1.93 bits per heavy atom. The molecule has 2 fully saturated rings. The number of phenols is 3. The normalized spacial score (nSPS) is 32.5. The van der Waals surface area contributed by atoms with Crippen LogP contribution in [0.1, 0.15) is 6.42 Å². The number of aliphatic hydroxyl groups excluding tert-OH is 7. The van der Waals surface area contributed by atoms with E-state index >= 15 is 0 Å². The molecular weight excluding hydrogens is 588 g/mol. The SMILES string of the molecule is O=c1c(OC[C@@H]2O[C@H](CO)[C@@H](O)[C@H](O)[C@H]2C[C@@H]2O[C@H](CO)[C@@H](O)[C@H](O)[C@H]2O)c(-c2ccc(O)cc2)oc2cc(O)cc(O)c12. The van der Waals surface area contributed by atoms with Gasteiger partial charge in [0, 0.05) is 23.6 Å². The van der Waals surface area contributed by atoms with Crippen molar-refractivity contribution in [1.82, 2.24) is 0 Å². The summed E-state index contributed by atoms with van der Waals surface area (Å²) < 4.78 is 23.2. The molecule has 5 rings (SSSR count). The van der Waals surface area contributed by atoms with Gasteiger partial charge < -0.3 is 69.7 Å². The molecule has 0 spiro atoms. The average Bonchev–Trinajstić information content (AvgIpc) is 2.99. The van der Waals surface area contributed by atoms with E-state index in [-0.39, 0.29) is 40.2 Å². The lowest BCUT2D eigenvalue weighted by Gasteiger charge is -2.46. The fourth-order valence-corrected chi connectivity index (χ4v) is 5.71. The summed E-state index contributed by atoms with van der Waals surface area (Å²) in [4.78, 5) is 13.6. The van der Waals surface area contributed by atoms with Crippen molar-refractivity contribution >= 4 is 11.0 Å². The number of aromatic hydroxyl groups is 3. The number of ether oxygens (including phenoxy) is 3. The summed E-state index contributed by atoms with van der Waals surface area (Å²) in [6.45, 7) is -1.90. The summed E-state index contributed by atoms with van der Waals surface area (Å²) in [6, 6.07) is 7.56. The van der Waals surface area contributed by atoms with Crippen molar-refractivity contribution in [3.8, 4) is 34.3 Å². The van der Waals surface area contributed by atoms with E-state index in [2.05, 4.69) is 0 Å². The Morgan fingerprint density at radius 1 is 0.705 bits per heavy atom. The van der Waals surface area contributed by atoms with Crippen molar-refractivity contribution in [2.24, 2.45) is 5.92 Å². The van der Waals surface area contributed by atoms with Crippen LogP contribution < -0.4 is 10.2 Å². The first kappa shape index (κ1) is 31.9. The quantitative estimate of drug-likeness (QED) is 0.134. The van der Waals surface area contributed by atoms with Gasteiger partial charge in [0.05, 0.1) is 31.5 Å². The number of benzene rings is 2. The minimum Gasteiger partial charge on any atom is -0.508 e. The topological polar surface area (TPSA) is 260 Å². The van der Waals surface area contributed by atoms with E-state index in [0.29, 0.717) is 0 Å². The Balaban J connectivity index is 1.51. The van der Waals surface area contributed by atoms with Crippen LogP contribution in [0.25, 0.3) is 22.3 Å². The number of phenolic OH excluding ortho intramolecular Hbond substituents is 3. The summed E-state index contributed by atoms with van der Waals surface area (Å²) >= 11 is 0. The number of rotatable bonds is 8. The molecule has 0 unspecified atom stereocenters. The molecule has 0 bridgehead atoms. The molecule has 2 aromatic carbocycles. The van der Waals surface area contributed by atoms with Gasteiger partial charge in [-0.3, -0.25) is 4.79 Å². The summed E-state index contributed by atoms with van der Waals surface area (Å²) in [5.74, 6) is -2.72. The van der Waals surface area contributed by atoms with E-state index in [1.807, 2.05) is 0 Å². The molecule has 15 nitrogen and oxygen atoms in total. The molecule has 2 aliphatic heterocycles. The lowest BCUT2D eigenvalue weighted by Crippen LogP contribution is -2.62. The van der Waals surface area contributed by atoms with Crippen LogP contribution in [0.4, 0.5) is 0 Å². The van der Waals surface area contributed by atoms with Crippen LogP contribution in [-0.4, -0.2) is 126 Å². The second kappa shape index (κ2) is 12.8. The largest absolute Gasteiger partial charge is 0.508 e. The third-order valence-corrected chi connectivity index (χ3v) is 8.11. The van der Waals surface area contributed by atoms with Gasteiger partial charge in [0.25, 0.3) is 0 Å². The molecule has 44 heavy (non-hydrogen) atoms. The predicted octanol–water partition coefficient (Wildman–Crippen LogP) is -1.71. The lowest BCUT2D eigenvalue weighted by atomic mass is 9.80. The van der Waals surface area contributed by atoms with Gasteiger partial charge in [0.15, 0.2) is 5.76 Å². The van der Waals surface area contributed by atoms with Gasteiger partial charge in [0.1, 0.15) is 71.4 Å². The zero-order chi connectivity index (χ0) is 31.9. The number of hydrogen-bond acceptors (Lipinski definition) is 15. The van der Waals surface area contributed by atoms with Crippen molar-refractivity contribution in [3.05, 3.63) is 46.6 Å². The van der Waals surface area contributed by atoms with Crippen LogP contribution in [0.5, 0.6) is 23.0 Å². The standard InChI is InChI=1S/C29H34O15/c30-8-18-24(37)22(35)14(7-17-23(36)27(40)25(38)19(9-31)42-17)20(43-18)10-41-29-26(39)21-15(34)5-13(33)6-16(21)44-28(29)11-1-3-12(32)4-2-11/h1-6,14,17-20,22-25,27,30-38,40H,7-10H2/t14-,17-,18+,19+,20-,22+,23-,24+,25+,27+/m0/s1. The summed E-state index contributed by atoms with van der Waals surface area (Å²) in [6.07, 6.45) is -13.4. The van der Waals surface area contributed by atoms with Crippen molar-refractivity contribution in [1.29, 1.82) is 0 Å². The fraction of sp³-hybridized carbons (Fsp3) is 0.483. The molecule has 10 atom stereocenters. The van der Waals surface area contributed by atoms with Crippen LogP contribution >= 0.6 is 0 Å². The van der Waals surface area contributed by atoms with Gasteiger partial charge >= 0.3 is 0 Å². The van der Waals surface area contributed by atoms with E-state index < -0.39 is 97.6 Å². The summed E-state index contributed by atoms with van der Waals surface area (Å²) in [5, 5.41) is 102. The molecule has 15 heteroatoms. The van der Waals surface area contributed by atoms with E-state index in [4.69, 9.17) is 18.6 Å². The van der Waals surface area contributed by atoms with E-state index in [1.54, 1.807) is 0 Å². The zero-order valence-electron chi connectivity index (χ0n) is 23.1. The monoisotopic (exact) mass is 622 g/mol. The smallest absolute Gasteiger partial charge is 0.239 e. The molecule has 0 aliphatic carbocycles. The highest BCUT2D eigenvalue weighted by Gasteiger charge is 2.49. The van der Waals surface area contributed by atoms with Gasteiger partial charge in [-0.2, -0.15) is 0 Å². The molecule has 240 valence electrons. The number of hydrogen-bond donors (Lipinski definition) is 10. The van der Waals surface area contributed by atoms with Crippen molar-refractivity contribution in [2.75, 3.05) is 19.8 Å². The fourth-order valence-electron chi connectivity index (χ4n) is 5.71.